The molecular weight excluding hydrogens is 244 g/mol. The largest absolute Gasteiger partial charge is 0.479 e. The SMILES string of the molecule is O=C(O[C@H](C(=O)O)[C@@H](O)C(=O)O)c1ccccc1. The summed E-state index contributed by atoms with van der Waals surface area (Å²) in [6.45, 7) is 0. The molecule has 0 saturated carbocycles. The number of carbonyl (C=O) groups excluding carboxylic acids is 1. The lowest BCUT2D eigenvalue weighted by atomic mass is 10.2. The molecular formula is C11H10O7. The Morgan fingerprint density at radius 3 is 2.00 bits per heavy atom. The number of rotatable bonds is 5. The van der Waals surface area contributed by atoms with Crippen LogP contribution in [-0.2, 0) is 14.3 Å². The van der Waals surface area contributed by atoms with Gasteiger partial charge in [0.25, 0.3) is 0 Å². The van der Waals surface area contributed by atoms with Gasteiger partial charge in [-0.2, -0.15) is 0 Å². The first-order chi connectivity index (χ1) is 8.43. The van der Waals surface area contributed by atoms with Crippen LogP contribution in [0.2, 0.25) is 0 Å². The molecule has 0 unspecified atom stereocenters. The fourth-order valence-corrected chi connectivity index (χ4v) is 1.14. The number of carboxylic acid groups (broad SMARTS) is 2. The average Bonchev–Trinajstić information content (AvgIpc) is 2.35. The van der Waals surface area contributed by atoms with E-state index in [0.717, 1.165) is 0 Å². The minimum atomic E-state index is -2.32. The van der Waals surface area contributed by atoms with E-state index in [1.807, 2.05) is 0 Å². The number of aliphatic hydroxyl groups is 1. The minimum Gasteiger partial charge on any atom is -0.479 e. The van der Waals surface area contributed by atoms with Crippen LogP contribution in [0.4, 0.5) is 0 Å². The van der Waals surface area contributed by atoms with E-state index >= 15 is 0 Å². The maximum absolute atomic E-state index is 11.5. The van der Waals surface area contributed by atoms with Gasteiger partial charge in [0.05, 0.1) is 5.56 Å². The second-order valence-corrected chi connectivity index (χ2v) is 3.31. The first kappa shape index (κ1) is 13.7. The molecule has 1 aromatic carbocycles. The maximum atomic E-state index is 11.5. The summed E-state index contributed by atoms with van der Waals surface area (Å²) < 4.78 is 4.45. The predicted molar refractivity (Wildman–Crippen MR) is 56.9 cm³/mol. The number of ether oxygens (including phenoxy) is 1. The Hall–Kier alpha value is -2.41. The molecule has 0 saturated heterocycles. The van der Waals surface area contributed by atoms with Gasteiger partial charge in [0, 0.05) is 0 Å². The van der Waals surface area contributed by atoms with Gasteiger partial charge >= 0.3 is 17.9 Å². The van der Waals surface area contributed by atoms with E-state index in [-0.39, 0.29) is 5.56 Å². The standard InChI is InChI=1S/C11H10O7/c12-7(9(13)14)8(10(15)16)18-11(17)6-4-2-1-3-5-6/h1-5,7-8,12H,(H,13,14)(H,15,16)/t7-,8+/m1/s1. The Morgan fingerprint density at radius 2 is 1.56 bits per heavy atom. The molecule has 0 bridgehead atoms. The fourth-order valence-electron chi connectivity index (χ4n) is 1.14. The Kier molecular flexibility index (Phi) is 4.39. The maximum Gasteiger partial charge on any atom is 0.348 e. The summed E-state index contributed by atoms with van der Waals surface area (Å²) in [6, 6.07) is 7.43. The number of esters is 1. The number of carboxylic acids is 2. The van der Waals surface area contributed by atoms with Crippen molar-refractivity contribution in [3.63, 3.8) is 0 Å². The molecule has 0 aromatic heterocycles. The quantitative estimate of drug-likeness (QED) is 0.619. The highest BCUT2D eigenvalue weighted by Gasteiger charge is 2.35. The van der Waals surface area contributed by atoms with E-state index in [1.165, 1.54) is 24.3 Å². The zero-order chi connectivity index (χ0) is 13.7. The van der Waals surface area contributed by atoms with Crippen molar-refractivity contribution in [2.24, 2.45) is 0 Å². The van der Waals surface area contributed by atoms with Gasteiger partial charge in [-0.1, -0.05) is 18.2 Å². The molecule has 0 aliphatic carbocycles. The molecule has 2 atom stereocenters. The summed E-state index contributed by atoms with van der Waals surface area (Å²) in [5.74, 6) is -4.55. The number of aliphatic hydroxyl groups excluding tert-OH is 1. The van der Waals surface area contributed by atoms with E-state index in [4.69, 9.17) is 15.3 Å². The van der Waals surface area contributed by atoms with E-state index in [1.54, 1.807) is 6.07 Å². The minimum absolute atomic E-state index is 0.0568. The highest BCUT2D eigenvalue weighted by molar-refractivity contribution is 5.92. The van der Waals surface area contributed by atoms with Crippen molar-refractivity contribution < 1.29 is 34.4 Å². The van der Waals surface area contributed by atoms with Gasteiger partial charge < -0.3 is 20.1 Å². The summed E-state index contributed by atoms with van der Waals surface area (Å²) in [5.41, 5.74) is 0.0568. The smallest absolute Gasteiger partial charge is 0.348 e. The van der Waals surface area contributed by atoms with Gasteiger partial charge in [-0.05, 0) is 12.1 Å². The van der Waals surface area contributed by atoms with Gasteiger partial charge in [-0.3, -0.25) is 0 Å². The summed E-state index contributed by atoms with van der Waals surface area (Å²) in [6.07, 6.45) is -4.48. The number of benzene rings is 1. The molecule has 0 spiro atoms. The third kappa shape index (κ3) is 3.29. The second-order valence-electron chi connectivity index (χ2n) is 3.31. The molecule has 0 fully saturated rings. The lowest BCUT2D eigenvalue weighted by Gasteiger charge is -2.16. The third-order valence-electron chi connectivity index (χ3n) is 2.03. The zero-order valence-corrected chi connectivity index (χ0v) is 9.02. The highest BCUT2D eigenvalue weighted by atomic mass is 16.6. The van der Waals surface area contributed by atoms with Crippen LogP contribution in [0, 0.1) is 0 Å². The normalized spacial score (nSPS) is 13.4. The Labute approximate surface area is 101 Å². The molecule has 0 amide bonds. The number of carbonyl (C=O) groups is 3. The first-order valence-electron chi connectivity index (χ1n) is 4.83. The Morgan fingerprint density at radius 1 is 1.00 bits per heavy atom. The predicted octanol–water partition coefficient (Wildman–Crippen LogP) is -0.258. The fraction of sp³-hybridized carbons (Fsp3) is 0.182. The van der Waals surface area contributed by atoms with Crippen LogP contribution in [0.1, 0.15) is 10.4 Å². The van der Waals surface area contributed by atoms with Crippen molar-refractivity contribution in [1.82, 2.24) is 0 Å². The van der Waals surface area contributed by atoms with Gasteiger partial charge in [-0.15, -0.1) is 0 Å². The highest BCUT2D eigenvalue weighted by Crippen LogP contribution is 2.07. The van der Waals surface area contributed by atoms with E-state index in [0.29, 0.717) is 0 Å². The van der Waals surface area contributed by atoms with Crippen LogP contribution < -0.4 is 0 Å². The molecule has 3 N–H and O–H groups in total. The monoisotopic (exact) mass is 254 g/mol. The summed E-state index contributed by atoms with van der Waals surface area (Å²) in [7, 11) is 0. The van der Waals surface area contributed by atoms with Crippen LogP contribution in [0.25, 0.3) is 0 Å². The molecule has 0 aliphatic rings. The van der Waals surface area contributed by atoms with Gasteiger partial charge in [0.1, 0.15) is 0 Å². The Balaban J connectivity index is 2.83. The second kappa shape index (κ2) is 5.78. The Bertz CT molecular complexity index is 454. The molecule has 0 heterocycles. The van der Waals surface area contributed by atoms with Crippen LogP contribution in [0.5, 0.6) is 0 Å². The lowest BCUT2D eigenvalue weighted by molar-refractivity contribution is -0.166. The van der Waals surface area contributed by atoms with Crippen molar-refractivity contribution in [3.8, 4) is 0 Å². The molecule has 96 valence electrons. The number of aliphatic carboxylic acids is 2. The number of hydrogen-bond donors (Lipinski definition) is 3. The number of hydrogen-bond acceptors (Lipinski definition) is 5. The van der Waals surface area contributed by atoms with E-state index < -0.39 is 30.1 Å². The van der Waals surface area contributed by atoms with Gasteiger partial charge in [0.2, 0.25) is 6.10 Å². The zero-order valence-electron chi connectivity index (χ0n) is 9.02. The molecule has 0 radical (unpaired) electrons. The van der Waals surface area contributed by atoms with Gasteiger partial charge in [0.15, 0.2) is 6.10 Å². The molecule has 7 nitrogen and oxygen atoms in total. The summed E-state index contributed by atoms with van der Waals surface area (Å²) >= 11 is 0. The van der Waals surface area contributed by atoms with E-state index in [2.05, 4.69) is 4.74 Å². The third-order valence-corrected chi connectivity index (χ3v) is 2.03. The van der Waals surface area contributed by atoms with Crippen molar-refractivity contribution in [2.45, 2.75) is 12.2 Å². The average molecular weight is 254 g/mol. The van der Waals surface area contributed by atoms with Crippen LogP contribution >= 0.6 is 0 Å². The van der Waals surface area contributed by atoms with Crippen molar-refractivity contribution in [2.75, 3.05) is 0 Å². The molecule has 1 rings (SSSR count). The van der Waals surface area contributed by atoms with Crippen LogP contribution in [0.15, 0.2) is 30.3 Å². The van der Waals surface area contributed by atoms with Crippen molar-refractivity contribution >= 4 is 17.9 Å². The van der Waals surface area contributed by atoms with E-state index in [9.17, 15) is 14.4 Å². The summed E-state index contributed by atoms with van der Waals surface area (Å²) in [5, 5.41) is 26.3. The molecule has 1 aromatic rings. The van der Waals surface area contributed by atoms with Crippen molar-refractivity contribution in [3.05, 3.63) is 35.9 Å². The molecule has 7 heteroatoms. The summed E-state index contributed by atoms with van der Waals surface area (Å²) in [4.78, 5) is 32.7. The van der Waals surface area contributed by atoms with Crippen molar-refractivity contribution in [1.29, 1.82) is 0 Å². The van der Waals surface area contributed by atoms with Gasteiger partial charge in [-0.25, -0.2) is 14.4 Å². The lowest BCUT2D eigenvalue weighted by Crippen LogP contribution is -2.43. The first-order valence-corrected chi connectivity index (χ1v) is 4.83. The molecule has 0 aliphatic heterocycles. The molecule has 18 heavy (non-hydrogen) atoms. The topological polar surface area (TPSA) is 121 Å². The van der Waals surface area contributed by atoms with Crippen LogP contribution in [-0.4, -0.2) is 45.4 Å². The van der Waals surface area contributed by atoms with Crippen LogP contribution in [0.3, 0.4) is 0 Å².